The predicted octanol–water partition coefficient (Wildman–Crippen LogP) is 3.92. The van der Waals surface area contributed by atoms with Crippen LogP contribution < -0.4 is 16.0 Å². The second-order valence-corrected chi connectivity index (χ2v) is 5.97. The molecule has 0 bridgehead atoms. The van der Waals surface area contributed by atoms with Crippen LogP contribution in [0.5, 0.6) is 5.75 Å². The third kappa shape index (κ3) is 4.19. The van der Waals surface area contributed by atoms with Gasteiger partial charge in [-0.05, 0) is 49.6 Å². The first-order chi connectivity index (χ1) is 11.4. The minimum absolute atomic E-state index is 0.0303. The van der Waals surface area contributed by atoms with Crippen LogP contribution in [-0.4, -0.2) is 17.0 Å². The highest BCUT2D eigenvalue weighted by Crippen LogP contribution is 2.26. The number of phenols is 1. The quantitative estimate of drug-likeness (QED) is 0.492. The van der Waals surface area contributed by atoms with Crippen molar-refractivity contribution < 1.29 is 5.11 Å². The number of phenolic OH excluding ortho intramolecular Hbond substituents is 1. The van der Waals surface area contributed by atoms with E-state index in [9.17, 15) is 5.11 Å². The average Bonchev–Trinajstić information content (AvgIpc) is 2.88. The molecule has 1 aromatic rings. The SMILES string of the molecule is C=Cc1ccc(O)cc1NC1=C(C)NC(/C(=C\C(C)=N)CCC)N1. The van der Waals surface area contributed by atoms with E-state index in [-0.39, 0.29) is 11.9 Å². The number of rotatable bonds is 7. The van der Waals surface area contributed by atoms with E-state index in [1.165, 1.54) is 0 Å². The lowest BCUT2D eigenvalue weighted by atomic mass is 10.1. The molecule has 5 heteroatoms. The molecule has 0 radical (unpaired) electrons. The first-order valence-corrected chi connectivity index (χ1v) is 8.16. The largest absolute Gasteiger partial charge is 0.508 e. The van der Waals surface area contributed by atoms with Crippen molar-refractivity contribution in [2.24, 2.45) is 0 Å². The van der Waals surface area contributed by atoms with Crippen molar-refractivity contribution in [3.05, 3.63) is 53.5 Å². The highest BCUT2D eigenvalue weighted by Gasteiger charge is 2.23. The number of hydrogen-bond donors (Lipinski definition) is 5. The third-order valence-corrected chi connectivity index (χ3v) is 3.85. The van der Waals surface area contributed by atoms with Gasteiger partial charge in [-0.2, -0.15) is 0 Å². The molecular weight excluding hydrogens is 300 g/mol. The van der Waals surface area contributed by atoms with Crippen LogP contribution in [0, 0.1) is 5.41 Å². The van der Waals surface area contributed by atoms with Gasteiger partial charge in [0.25, 0.3) is 0 Å². The molecule has 1 heterocycles. The summed E-state index contributed by atoms with van der Waals surface area (Å²) in [5.74, 6) is 1.06. The standard InChI is InChI=1S/C19H26N4O/c1-5-7-15(10-12(3)20)19-21-13(4)18(23-19)22-17-11-16(24)9-8-14(17)6-2/h6,8-11,19-24H,2,5,7H2,1,3-4H3/b15-10-,20-12?. The van der Waals surface area contributed by atoms with Crippen molar-refractivity contribution in [3.63, 3.8) is 0 Å². The van der Waals surface area contributed by atoms with Crippen molar-refractivity contribution in [2.45, 2.75) is 39.8 Å². The zero-order valence-electron chi connectivity index (χ0n) is 14.5. The fraction of sp³-hybridized carbons (Fsp3) is 0.316. The summed E-state index contributed by atoms with van der Waals surface area (Å²) in [6.45, 7) is 9.72. The Bertz CT molecular complexity index is 703. The number of hydrogen-bond acceptors (Lipinski definition) is 5. The molecule has 5 nitrogen and oxygen atoms in total. The van der Waals surface area contributed by atoms with Gasteiger partial charge in [0.15, 0.2) is 0 Å². The Labute approximate surface area is 143 Å². The van der Waals surface area contributed by atoms with Crippen molar-refractivity contribution >= 4 is 17.5 Å². The maximum absolute atomic E-state index is 9.72. The van der Waals surface area contributed by atoms with Gasteiger partial charge in [-0.15, -0.1) is 0 Å². The third-order valence-electron chi connectivity index (χ3n) is 3.85. The second-order valence-electron chi connectivity index (χ2n) is 5.97. The Balaban J connectivity index is 2.19. The summed E-state index contributed by atoms with van der Waals surface area (Å²) in [5, 5.41) is 27.6. The van der Waals surface area contributed by atoms with Crippen LogP contribution >= 0.6 is 0 Å². The molecule has 0 spiro atoms. The Hall–Kier alpha value is -2.69. The Kier molecular flexibility index (Phi) is 5.68. The molecule has 0 aromatic heterocycles. The number of anilines is 1. The topological polar surface area (TPSA) is 80.2 Å². The molecule has 0 amide bonds. The van der Waals surface area contributed by atoms with E-state index in [0.29, 0.717) is 5.71 Å². The maximum Gasteiger partial charge on any atom is 0.124 e. The Morgan fingerprint density at radius 1 is 1.42 bits per heavy atom. The zero-order valence-corrected chi connectivity index (χ0v) is 14.5. The van der Waals surface area contributed by atoms with Crippen LogP contribution in [0.3, 0.4) is 0 Å². The van der Waals surface area contributed by atoms with Crippen LogP contribution in [0.15, 0.2) is 47.9 Å². The van der Waals surface area contributed by atoms with Gasteiger partial charge in [0.05, 0.1) is 11.4 Å². The van der Waals surface area contributed by atoms with Crippen LogP contribution in [0.4, 0.5) is 5.69 Å². The summed E-state index contributed by atoms with van der Waals surface area (Å²) in [6.07, 6.45) is 5.57. The summed E-state index contributed by atoms with van der Waals surface area (Å²) in [7, 11) is 0. The molecule has 0 saturated heterocycles. The number of allylic oxidation sites excluding steroid dienone is 2. The van der Waals surface area contributed by atoms with E-state index >= 15 is 0 Å². The van der Waals surface area contributed by atoms with Crippen LogP contribution in [0.1, 0.15) is 39.2 Å². The smallest absolute Gasteiger partial charge is 0.124 e. The van der Waals surface area contributed by atoms with E-state index in [2.05, 4.69) is 29.5 Å². The minimum Gasteiger partial charge on any atom is -0.508 e. The first-order valence-electron chi connectivity index (χ1n) is 8.16. The number of benzene rings is 1. The van der Waals surface area contributed by atoms with E-state index in [0.717, 1.165) is 41.2 Å². The molecular formula is C19H26N4O. The van der Waals surface area contributed by atoms with E-state index in [1.54, 1.807) is 25.1 Å². The molecule has 1 unspecified atom stereocenters. The Morgan fingerprint density at radius 3 is 2.79 bits per heavy atom. The lowest BCUT2D eigenvalue weighted by Crippen LogP contribution is -2.36. The molecule has 1 atom stereocenters. The second kappa shape index (κ2) is 7.73. The van der Waals surface area contributed by atoms with Crippen LogP contribution in [0.2, 0.25) is 0 Å². The van der Waals surface area contributed by atoms with Crippen molar-refractivity contribution in [1.82, 2.24) is 10.6 Å². The van der Waals surface area contributed by atoms with Gasteiger partial charge in [-0.3, -0.25) is 0 Å². The molecule has 5 N–H and O–H groups in total. The molecule has 128 valence electrons. The van der Waals surface area contributed by atoms with E-state index in [4.69, 9.17) is 5.41 Å². The van der Waals surface area contributed by atoms with Gasteiger partial charge in [-0.1, -0.05) is 26.0 Å². The summed E-state index contributed by atoms with van der Waals surface area (Å²) < 4.78 is 0. The van der Waals surface area contributed by atoms with Gasteiger partial charge in [0, 0.05) is 11.8 Å². The average molecular weight is 326 g/mol. The molecule has 1 aliphatic heterocycles. The molecule has 1 aliphatic rings. The van der Waals surface area contributed by atoms with Crippen molar-refractivity contribution in [3.8, 4) is 5.75 Å². The normalized spacial score (nSPS) is 17.3. The molecule has 0 aliphatic carbocycles. The van der Waals surface area contributed by atoms with Gasteiger partial charge in [-0.25, -0.2) is 0 Å². The van der Waals surface area contributed by atoms with Gasteiger partial charge in [0.1, 0.15) is 17.7 Å². The lowest BCUT2D eigenvalue weighted by molar-refractivity contribution is 0.475. The molecule has 24 heavy (non-hydrogen) atoms. The first kappa shape index (κ1) is 17.7. The minimum atomic E-state index is -0.0303. The van der Waals surface area contributed by atoms with Crippen molar-refractivity contribution in [1.29, 1.82) is 5.41 Å². The molecule has 1 aromatic carbocycles. The zero-order chi connectivity index (χ0) is 17.7. The molecule has 0 saturated carbocycles. The van der Waals surface area contributed by atoms with Crippen LogP contribution in [0.25, 0.3) is 6.08 Å². The van der Waals surface area contributed by atoms with E-state index in [1.807, 2.05) is 19.1 Å². The fourth-order valence-electron chi connectivity index (χ4n) is 2.72. The highest BCUT2D eigenvalue weighted by molar-refractivity contribution is 5.90. The summed E-state index contributed by atoms with van der Waals surface area (Å²) >= 11 is 0. The molecule has 0 fully saturated rings. The van der Waals surface area contributed by atoms with Gasteiger partial charge >= 0.3 is 0 Å². The van der Waals surface area contributed by atoms with Gasteiger partial charge in [0.2, 0.25) is 0 Å². The predicted molar refractivity (Wildman–Crippen MR) is 101 cm³/mol. The van der Waals surface area contributed by atoms with Crippen LogP contribution in [-0.2, 0) is 0 Å². The number of aromatic hydroxyl groups is 1. The summed E-state index contributed by atoms with van der Waals surface area (Å²) in [4.78, 5) is 0. The highest BCUT2D eigenvalue weighted by atomic mass is 16.3. The Morgan fingerprint density at radius 2 is 2.17 bits per heavy atom. The van der Waals surface area contributed by atoms with Gasteiger partial charge < -0.3 is 26.5 Å². The number of nitrogens with one attached hydrogen (secondary N) is 4. The van der Waals surface area contributed by atoms with E-state index < -0.39 is 0 Å². The summed E-state index contributed by atoms with van der Waals surface area (Å²) in [5.41, 5.74) is 4.39. The molecule has 2 rings (SSSR count). The summed E-state index contributed by atoms with van der Waals surface area (Å²) in [6, 6.07) is 5.14. The monoisotopic (exact) mass is 326 g/mol. The maximum atomic E-state index is 9.72. The van der Waals surface area contributed by atoms with Crippen molar-refractivity contribution in [2.75, 3.05) is 5.32 Å². The fourth-order valence-corrected chi connectivity index (χ4v) is 2.72. The lowest BCUT2D eigenvalue weighted by Gasteiger charge is -2.19.